The van der Waals surface area contributed by atoms with Crippen LogP contribution in [0.4, 0.5) is 11.4 Å². The topological polar surface area (TPSA) is 84.4 Å². The standard InChI is InChI=1S/C16H19N5O/c1-12-5-7-21(8-6-12)14-3-4-15(16(9-14)22-2)20-19-13(10-17)11-18/h3-4,9,12,20H,5-8H2,1-2H3. The van der Waals surface area contributed by atoms with Gasteiger partial charge in [0, 0.05) is 24.8 Å². The fourth-order valence-electron chi connectivity index (χ4n) is 2.43. The van der Waals surface area contributed by atoms with Crippen molar-refractivity contribution in [2.75, 3.05) is 30.5 Å². The third-order valence-corrected chi connectivity index (χ3v) is 3.83. The molecule has 22 heavy (non-hydrogen) atoms. The average Bonchev–Trinajstić information content (AvgIpc) is 2.56. The molecule has 0 unspecified atom stereocenters. The number of hydrogen-bond donors (Lipinski definition) is 1. The van der Waals surface area contributed by atoms with E-state index < -0.39 is 0 Å². The lowest BCUT2D eigenvalue weighted by molar-refractivity contribution is 0.415. The summed E-state index contributed by atoms with van der Waals surface area (Å²) in [6.07, 6.45) is 2.39. The highest BCUT2D eigenvalue weighted by Crippen LogP contribution is 2.31. The van der Waals surface area contributed by atoms with Gasteiger partial charge in [-0.05, 0) is 30.9 Å². The zero-order valence-electron chi connectivity index (χ0n) is 12.8. The highest BCUT2D eigenvalue weighted by Gasteiger charge is 2.17. The molecule has 6 heteroatoms. The van der Waals surface area contributed by atoms with Crippen LogP contribution in [0.3, 0.4) is 0 Å². The summed E-state index contributed by atoms with van der Waals surface area (Å²) in [6, 6.07) is 9.20. The van der Waals surface area contributed by atoms with E-state index in [2.05, 4.69) is 22.4 Å². The van der Waals surface area contributed by atoms with Crippen LogP contribution in [0.25, 0.3) is 0 Å². The zero-order valence-corrected chi connectivity index (χ0v) is 12.8. The average molecular weight is 297 g/mol. The van der Waals surface area contributed by atoms with Crippen molar-refractivity contribution in [1.29, 1.82) is 10.5 Å². The molecule has 1 saturated heterocycles. The van der Waals surface area contributed by atoms with Gasteiger partial charge in [-0.15, -0.1) is 0 Å². The van der Waals surface area contributed by atoms with E-state index in [1.54, 1.807) is 19.2 Å². The summed E-state index contributed by atoms with van der Waals surface area (Å²) in [5.41, 5.74) is 4.21. The monoisotopic (exact) mass is 297 g/mol. The van der Waals surface area contributed by atoms with Crippen molar-refractivity contribution in [3.63, 3.8) is 0 Å². The number of nitriles is 2. The predicted octanol–water partition coefficient (Wildman–Crippen LogP) is 2.75. The fraction of sp³-hybridized carbons (Fsp3) is 0.438. The summed E-state index contributed by atoms with van der Waals surface area (Å²) in [5, 5.41) is 21.1. The van der Waals surface area contributed by atoms with Crippen LogP contribution in [0.15, 0.2) is 23.3 Å². The minimum absolute atomic E-state index is 0.226. The van der Waals surface area contributed by atoms with E-state index >= 15 is 0 Å². The van der Waals surface area contributed by atoms with Gasteiger partial charge in [-0.1, -0.05) is 6.92 Å². The van der Waals surface area contributed by atoms with Gasteiger partial charge in [0.15, 0.2) is 0 Å². The second-order valence-corrected chi connectivity index (χ2v) is 5.35. The Balaban J connectivity index is 2.16. The molecule has 1 heterocycles. The Morgan fingerprint density at radius 2 is 2.00 bits per heavy atom. The van der Waals surface area contributed by atoms with Crippen molar-refractivity contribution < 1.29 is 4.74 Å². The van der Waals surface area contributed by atoms with E-state index in [0.29, 0.717) is 11.4 Å². The van der Waals surface area contributed by atoms with Crippen LogP contribution in [0.5, 0.6) is 5.75 Å². The van der Waals surface area contributed by atoms with Crippen molar-refractivity contribution in [2.24, 2.45) is 11.0 Å². The van der Waals surface area contributed by atoms with E-state index in [9.17, 15) is 0 Å². The SMILES string of the molecule is COc1cc(N2CCC(C)CC2)ccc1NN=C(C#N)C#N. The molecule has 1 aromatic rings. The van der Waals surface area contributed by atoms with E-state index in [0.717, 1.165) is 24.7 Å². The maximum atomic E-state index is 8.69. The normalized spacial score (nSPS) is 14.6. The first-order valence-electron chi connectivity index (χ1n) is 7.24. The van der Waals surface area contributed by atoms with Crippen molar-refractivity contribution in [3.8, 4) is 17.9 Å². The lowest BCUT2D eigenvalue weighted by Crippen LogP contribution is -2.32. The van der Waals surface area contributed by atoms with Crippen LogP contribution < -0.4 is 15.1 Å². The van der Waals surface area contributed by atoms with Crippen molar-refractivity contribution >= 4 is 17.1 Å². The third kappa shape index (κ3) is 3.67. The van der Waals surface area contributed by atoms with Gasteiger partial charge >= 0.3 is 0 Å². The van der Waals surface area contributed by atoms with Crippen LogP contribution in [0.2, 0.25) is 0 Å². The molecular formula is C16H19N5O. The van der Waals surface area contributed by atoms with Crippen LogP contribution in [0.1, 0.15) is 19.8 Å². The van der Waals surface area contributed by atoms with Gasteiger partial charge in [0.1, 0.15) is 17.9 Å². The molecule has 0 spiro atoms. The van der Waals surface area contributed by atoms with Gasteiger partial charge in [0.2, 0.25) is 5.71 Å². The first kappa shape index (κ1) is 15.7. The molecule has 0 aliphatic carbocycles. The molecule has 0 atom stereocenters. The molecule has 0 amide bonds. The minimum Gasteiger partial charge on any atom is -0.494 e. The summed E-state index contributed by atoms with van der Waals surface area (Å²) in [4.78, 5) is 2.34. The smallest absolute Gasteiger partial charge is 0.237 e. The molecule has 0 aromatic heterocycles. The maximum absolute atomic E-state index is 8.69. The Kier molecular flexibility index (Phi) is 5.21. The van der Waals surface area contributed by atoms with Gasteiger partial charge in [-0.25, -0.2) is 0 Å². The first-order chi connectivity index (χ1) is 10.7. The summed E-state index contributed by atoms with van der Waals surface area (Å²) in [6.45, 7) is 4.37. The number of nitrogens with one attached hydrogen (secondary N) is 1. The largest absolute Gasteiger partial charge is 0.494 e. The quantitative estimate of drug-likeness (QED) is 0.682. The number of methoxy groups -OCH3 is 1. The fourth-order valence-corrected chi connectivity index (χ4v) is 2.43. The molecular weight excluding hydrogens is 278 g/mol. The lowest BCUT2D eigenvalue weighted by atomic mass is 9.99. The Morgan fingerprint density at radius 3 is 2.59 bits per heavy atom. The number of rotatable bonds is 4. The van der Waals surface area contributed by atoms with Gasteiger partial charge in [0.05, 0.1) is 12.8 Å². The number of benzene rings is 1. The van der Waals surface area contributed by atoms with Gasteiger partial charge in [0.25, 0.3) is 0 Å². The molecule has 114 valence electrons. The molecule has 1 aromatic carbocycles. The number of anilines is 2. The van der Waals surface area contributed by atoms with Crippen molar-refractivity contribution in [2.45, 2.75) is 19.8 Å². The molecule has 1 fully saturated rings. The second-order valence-electron chi connectivity index (χ2n) is 5.35. The summed E-state index contributed by atoms with van der Waals surface area (Å²) >= 11 is 0. The number of piperidine rings is 1. The summed E-state index contributed by atoms with van der Waals surface area (Å²) in [5.74, 6) is 1.42. The molecule has 0 radical (unpaired) electrons. The Morgan fingerprint density at radius 1 is 1.32 bits per heavy atom. The zero-order chi connectivity index (χ0) is 15.9. The van der Waals surface area contributed by atoms with Crippen LogP contribution in [-0.2, 0) is 0 Å². The van der Waals surface area contributed by atoms with Gasteiger partial charge < -0.3 is 9.64 Å². The number of hydrogen-bond acceptors (Lipinski definition) is 6. The number of hydrazone groups is 1. The maximum Gasteiger partial charge on any atom is 0.237 e. The molecule has 1 N–H and O–H groups in total. The first-order valence-corrected chi connectivity index (χ1v) is 7.24. The van der Waals surface area contributed by atoms with Gasteiger partial charge in [-0.2, -0.15) is 15.6 Å². The van der Waals surface area contributed by atoms with Crippen molar-refractivity contribution in [1.82, 2.24) is 0 Å². The second kappa shape index (κ2) is 7.33. The summed E-state index contributed by atoms with van der Waals surface area (Å²) < 4.78 is 5.37. The number of nitrogens with zero attached hydrogens (tertiary/aromatic N) is 4. The molecule has 6 nitrogen and oxygen atoms in total. The van der Waals surface area contributed by atoms with E-state index in [4.69, 9.17) is 15.3 Å². The van der Waals surface area contributed by atoms with E-state index in [-0.39, 0.29) is 5.71 Å². The highest BCUT2D eigenvalue weighted by atomic mass is 16.5. The molecule has 0 saturated carbocycles. The minimum atomic E-state index is -0.226. The van der Waals surface area contributed by atoms with Crippen LogP contribution >= 0.6 is 0 Å². The van der Waals surface area contributed by atoms with Crippen LogP contribution in [-0.4, -0.2) is 25.9 Å². The third-order valence-electron chi connectivity index (χ3n) is 3.83. The Hall–Kier alpha value is -2.73. The summed E-state index contributed by atoms with van der Waals surface area (Å²) in [7, 11) is 1.59. The molecule has 1 aliphatic heterocycles. The highest BCUT2D eigenvalue weighted by molar-refractivity contribution is 6.10. The van der Waals surface area contributed by atoms with Crippen molar-refractivity contribution in [3.05, 3.63) is 18.2 Å². The lowest BCUT2D eigenvalue weighted by Gasteiger charge is -2.32. The van der Waals surface area contributed by atoms with E-state index in [1.807, 2.05) is 18.2 Å². The number of ether oxygens (including phenoxy) is 1. The Bertz CT molecular complexity index is 617. The molecule has 1 aliphatic rings. The van der Waals surface area contributed by atoms with Crippen LogP contribution in [0, 0.1) is 28.6 Å². The van der Waals surface area contributed by atoms with E-state index in [1.165, 1.54) is 12.8 Å². The molecule has 2 rings (SSSR count). The molecule has 0 bridgehead atoms. The Labute approximate surface area is 130 Å². The predicted molar refractivity (Wildman–Crippen MR) is 85.9 cm³/mol. The van der Waals surface area contributed by atoms with Gasteiger partial charge in [-0.3, -0.25) is 5.43 Å².